The summed E-state index contributed by atoms with van der Waals surface area (Å²) in [5, 5.41) is 16.3. The maximum atomic E-state index is 12.6. The average molecular weight is 434 g/mol. The monoisotopic (exact) mass is 434 g/mol. The molecule has 0 saturated carbocycles. The minimum Gasteiger partial charge on any atom is -0.480 e. The molecule has 2 heterocycles. The van der Waals surface area contributed by atoms with Gasteiger partial charge in [-0.2, -0.15) is 0 Å². The summed E-state index contributed by atoms with van der Waals surface area (Å²) < 4.78 is 0. The normalized spacial score (nSPS) is 14.7. The van der Waals surface area contributed by atoms with Gasteiger partial charge in [0, 0.05) is 36.6 Å². The second kappa shape index (κ2) is 10.9. The van der Waals surface area contributed by atoms with Crippen LogP contribution in [-0.2, 0) is 32.0 Å². The summed E-state index contributed by atoms with van der Waals surface area (Å²) in [4.78, 5) is 61.7. The molecule has 31 heavy (non-hydrogen) atoms. The van der Waals surface area contributed by atoms with Crippen LogP contribution in [0.3, 0.4) is 0 Å². The van der Waals surface area contributed by atoms with Gasteiger partial charge in [0.05, 0.1) is 18.7 Å². The topological polar surface area (TPSA) is 208 Å². The Kier molecular flexibility index (Phi) is 8.25. The van der Waals surface area contributed by atoms with E-state index in [1.165, 1.54) is 32.7 Å². The van der Waals surface area contributed by atoms with Crippen LogP contribution in [-0.4, -0.2) is 72.9 Å². The van der Waals surface area contributed by atoms with Crippen molar-refractivity contribution in [2.45, 2.75) is 50.9 Å². The van der Waals surface area contributed by atoms with E-state index in [2.05, 4.69) is 35.9 Å². The van der Waals surface area contributed by atoms with Gasteiger partial charge in [0.1, 0.15) is 18.1 Å². The first-order chi connectivity index (χ1) is 14.7. The average Bonchev–Trinajstić information content (AvgIpc) is 3.41. The molecule has 0 saturated heterocycles. The van der Waals surface area contributed by atoms with Crippen molar-refractivity contribution in [3.63, 3.8) is 0 Å². The lowest BCUT2D eigenvalue weighted by Crippen LogP contribution is -2.56. The van der Waals surface area contributed by atoms with Crippen molar-refractivity contribution in [3.8, 4) is 0 Å². The van der Waals surface area contributed by atoms with Crippen LogP contribution in [0.25, 0.3) is 0 Å². The smallest absolute Gasteiger partial charge is 0.325 e. The second-order valence-electron chi connectivity index (χ2n) is 7.03. The van der Waals surface area contributed by atoms with E-state index in [4.69, 9.17) is 10.8 Å². The maximum absolute atomic E-state index is 12.6. The van der Waals surface area contributed by atoms with Crippen LogP contribution < -0.4 is 21.7 Å². The first-order valence-electron chi connectivity index (χ1n) is 9.51. The molecule has 168 valence electrons. The molecule has 0 aliphatic heterocycles. The predicted molar refractivity (Wildman–Crippen MR) is 107 cm³/mol. The molecule has 2 aromatic rings. The van der Waals surface area contributed by atoms with Gasteiger partial charge >= 0.3 is 5.97 Å². The molecule has 0 fully saturated rings. The van der Waals surface area contributed by atoms with Crippen molar-refractivity contribution >= 4 is 23.7 Å². The summed E-state index contributed by atoms with van der Waals surface area (Å²) in [5.41, 5.74) is 7.08. The Balaban J connectivity index is 1.97. The number of aromatic nitrogens is 4. The number of imidazole rings is 2. The van der Waals surface area contributed by atoms with Gasteiger partial charge in [0.25, 0.3) is 0 Å². The van der Waals surface area contributed by atoms with Gasteiger partial charge in [0.2, 0.25) is 17.7 Å². The molecule has 0 aliphatic carbocycles. The molecule has 0 radical (unpaired) electrons. The summed E-state index contributed by atoms with van der Waals surface area (Å²) in [6.07, 6.45) is 6.15. The molecule has 2 aromatic heterocycles. The Bertz CT molecular complexity index is 883. The third-order valence-electron chi connectivity index (χ3n) is 4.42. The highest BCUT2D eigenvalue weighted by atomic mass is 16.4. The fourth-order valence-corrected chi connectivity index (χ4v) is 2.61. The van der Waals surface area contributed by atoms with E-state index < -0.39 is 47.9 Å². The number of aromatic amines is 2. The number of nitrogens with zero attached hydrogens (tertiary/aromatic N) is 2. The molecular formula is C18H26N8O5. The molecule has 2 rings (SSSR count). The first kappa shape index (κ1) is 23.5. The van der Waals surface area contributed by atoms with Gasteiger partial charge in [-0.3, -0.25) is 19.2 Å². The van der Waals surface area contributed by atoms with E-state index in [0.29, 0.717) is 11.4 Å². The lowest BCUT2D eigenvalue weighted by molar-refractivity contribution is -0.141. The number of amides is 3. The molecular weight excluding hydrogens is 408 g/mol. The number of nitrogens with one attached hydrogen (secondary N) is 5. The summed E-state index contributed by atoms with van der Waals surface area (Å²) in [5.74, 6) is -3.09. The highest BCUT2D eigenvalue weighted by Crippen LogP contribution is 2.02. The maximum Gasteiger partial charge on any atom is 0.325 e. The summed E-state index contributed by atoms with van der Waals surface area (Å²) >= 11 is 0. The molecule has 0 spiro atoms. The molecule has 13 heteroatoms. The molecule has 0 bridgehead atoms. The Morgan fingerprint density at radius 1 is 0.903 bits per heavy atom. The third-order valence-corrected chi connectivity index (χ3v) is 4.42. The molecule has 0 aromatic carbocycles. The quantitative estimate of drug-likeness (QED) is 0.206. The largest absolute Gasteiger partial charge is 0.480 e. The zero-order chi connectivity index (χ0) is 23.0. The molecule has 3 amide bonds. The van der Waals surface area contributed by atoms with Crippen LogP contribution in [0.2, 0.25) is 0 Å². The van der Waals surface area contributed by atoms with E-state index >= 15 is 0 Å². The number of hydrogen-bond acceptors (Lipinski definition) is 7. The van der Waals surface area contributed by atoms with Crippen molar-refractivity contribution in [3.05, 3.63) is 36.4 Å². The third kappa shape index (κ3) is 7.22. The number of nitrogens with two attached hydrogens (primary N) is 1. The standard InChI is InChI=1S/C18H26N8O5/c1-9(24-16(28)13(19)3-11-5-20-7-22-11)15(27)26-14(4-12-6-21-8-23-12)17(29)25-10(2)18(30)31/h5-10,13-14H,3-4,19H2,1-2H3,(H,20,22)(H,21,23)(H,24,28)(H,25,29)(H,26,27)(H,30,31). The van der Waals surface area contributed by atoms with E-state index in [9.17, 15) is 19.2 Å². The highest BCUT2D eigenvalue weighted by Gasteiger charge is 2.28. The molecule has 0 aliphatic rings. The number of carboxylic acid groups (broad SMARTS) is 1. The predicted octanol–water partition coefficient (Wildman–Crippen LogP) is -2.18. The molecule has 13 nitrogen and oxygen atoms in total. The highest BCUT2D eigenvalue weighted by molar-refractivity contribution is 5.94. The van der Waals surface area contributed by atoms with Gasteiger partial charge in [-0.1, -0.05) is 0 Å². The summed E-state index contributed by atoms with van der Waals surface area (Å²) in [7, 11) is 0. The van der Waals surface area contributed by atoms with Gasteiger partial charge in [-0.05, 0) is 13.8 Å². The lowest BCUT2D eigenvalue weighted by atomic mass is 10.1. The zero-order valence-corrected chi connectivity index (χ0v) is 17.1. The van der Waals surface area contributed by atoms with Crippen LogP contribution in [0.15, 0.2) is 25.0 Å². The Hall–Kier alpha value is -3.74. The SMILES string of the molecule is CC(NC(=O)C(Cc1cnc[nH]1)NC(=O)C(C)NC(=O)C(N)Cc1cnc[nH]1)C(=O)O. The van der Waals surface area contributed by atoms with Gasteiger partial charge < -0.3 is 36.8 Å². The second-order valence-corrected chi connectivity index (χ2v) is 7.03. The van der Waals surface area contributed by atoms with Crippen molar-refractivity contribution in [1.82, 2.24) is 35.9 Å². The van der Waals surface area contributed by atoms with Gasteiger partial charge in [-0.15, -0.1) is 0 Å². The number of hydrogen-bond donors (Lipinski definition) is 7. The van der Waals surface area contributed by atoms with Crippen LogP contribution in [0, 0.1) is 0 Å². The van der Waals surface area contributed by atoms with Crippen molar-refractivity contribution < 1.29 is 24.3 Å². The van der Waals surface area contributed by atoms with Crippen molar-refractivity contribution in [1.29, 1.82) is 0 Å². The fraction of sp³-hybridized carbons (Fsp3) is 0.444. The first-order valence-corrected chi connectivity index (χ1v) is 9.51. The number of rotatable bonds is 11. The van der Waals surface area contributed by atoms with Crippen LogP contribution in [0.1, 0.15) is 25.2 Å². The Morgan fingerprint density at radius 3 is 1.97 bits per heavy atom. The number of carbonyl (C=O) groups is 4. The van der Waals surface area contributed by atoms with Gasteiger partial charge in [0.15, 0.2) is 0 Å². The van der Waals surface area contributed by atoms with Crippen molar-refractivity contribution in [2.75, 3.05) is 0 Å². The van der Waals surface area contributed by atoms with Gasteiger partial charge in [-0.25, -0.2) is 9.97 Å². The van der Waals surface area contributed by atoms with Crippen LogP contribution in [0.5, 0.6) is 0 Å². The number of aliphatic carboxylic acids is 1. The van der Waals surface area contributed by atoms with E-state index in [1.807, 2.05) is 0 Å². The lowest BCUT2D eigenvalue weighted by Gasteiger charge is -2.22. The zero-order valence-electron chi connectivity index (χ0n) is 17.1. The van der Waals surface area contributed by atoms with Crippen LogP contribution in [0.4, 0.5) is 0 Å². The number of carboxylic acids is 1. The number of carbonyl (C=O) groups excluding carboxylic acids is 3. The van der Waals surface area contributed by atoms with E-state index in [0.717, 1.165) is 0 Å². The van der Waals surface area contributed by atoms with E-state index in [1.54, 1.807) is 6.20 Å². The molecule has 8 N–H and O–H groups in total. The number of H-pyrrole nitrogens is 2. The van der Waals surface area contributed by atoms with Crippen molar-refractivity contribution in [2.24, 2.45) is 5.73 Å². The summed E-state index contributed by atoms with van der Waals surface area (Å²) in [6, 6.07) is -4.13. The minimum absolute atomic E-state index is 0.0456. The Morgan fingerprint density at radius 2 is 1.45 bits per heavy atom. The van der Waals surface area contributed by atoms with Crippen LogP contribution >= 0.6 is 0 Å². The Labute approximate surface area is 177 Å². The fourth-order valence-electron chi connectivity index (χ4n) is 2.61. The van der Waals surface area contributed by atoms with E-state index in [-0.39, 0.29) is 12.8 Å². The minimum atomic E-state index is -1.22. The molecule has 4 unspecified atom stereocenters. The summed E-state index contributed by atoms with van der Waals surface area (Å²) in [6.45, 7) is 2.75. The molecule has 4 atom stereocenters.